The van der Waals surface area contributed by atoms with Gasteiger partial charge in [-0.25, -0.2) is 0 Å². The van der Waals surface area contributed by atoms with Crippen molar-refractivity contribution < 1.29 is 0 Å². The minimum absolute atomic E-state index is 0.0951. The summed E-state index contributed by atoms with van der Waals surface area (Å²) in [5.74, 6) is 0.506. The van der Waals surface area contributed by atoms with Gasteiger partial charge in [-0.1, -0.05) is 24.3 Å². The van der Waals surface area contributed by atoms with Crippen molar-refractivity contribution in [2.45, 2.75) is 13.8 Å². The Morgan fingerprint density at radius 1 is 1.00 bits per heavy atom. The molecule has 0 aliphatic carbocycles. The van der Waals surface area contributed by atoms with E-state index in [1.54, 1.807) is 6.07 Å². The van der Waals surface area contributed by atoms with Crippen molar-refractivity contribution in [3.05, 3.63) is 76.1 Å². The van der Waals surface area contributed by atoms with Gasteiger partial charge in [0.15, 0.2) is 5.69 Å². The third kappa shape index (κ3) is 5.01. The summed E-state index contributed by atoms with van der Waals surface area (Å²) in [7, 11) is 0. The summed E-state index contributed by atoms with van der Waals surface area (Å²) in [4.78, 5) is 15.2. The van der Waals surface area contributed by atoms with Crippen molar-refractivity contribution in [3.8, 4) is 0 Å². The van der Waals surface area contributed by atoms with Crippen LogP contribution in [0.2, 0.25) is 0 Å². The first-order valence-corrected chi connectivity index (χ1v) is 8.97. The standard InChI is InChI=1S/C20H20N6OS/c1-12-5-3-7-14(9-12)22-16-11-17(25-26-20(21)28)19(27)24-18(16)23-15-8-4-6-13(2)10-15/h3-11,22H,1-2H3,(H2,21,28)(H2,23,24,27). The topological polar surface area (TPSA) is 108 Å². The summed E-state index contributed by atoms with van der Waals surface area (Å²) in [6, 6.07) is 17.3. The molecule has 0 aliphatic rings. The van der Waals surface area contributed by atoms with Crippen LogP contribution in [0.5, 0.6) is 0 Å². The fourth-order valence-electron chi connectivity index (χ4n) is 2.64. The first-order chi connectivity index (χ1) is 13.4. The molecule has 0 saturated carbocycles. The average molecular weight is 392 g/mol. The summed E-state index contributed by atoms with van der Waals surface area (Å²) in [5, 5.41) is 13.8. The fourth-order valence-corrected chi connectivity index (χ4v) is 2.68. The number of aryl methyl sites for hydroxylation is 2. The van der Waals surface area contributed by atoms with E-state index in [2.05, 4.69) is 25.8 Å². The maximum atomic E-state index is 12.4. The Labute approximate surface area is 167 Å². The number of aromatic nitrogens is 1. The number of rotatable bonds is 5. The molecule has 0 bridgehead atoms. The van der Waals surface area contributed by atoms with Gasteiger partial charge < -0.3 is 21.4 Å². The van der Waals surface area contributed by atoms with Gasteiger partial charge in [-0.3, -0.25) is 4.79 Å². The molecule has 8 heteroatoms. The minimum Gasteiger partial charge on any atom is -0.373 e. The lowest BCUT2D eigenvalue weighted by Gasteiger charge is -2.15. The van der Waals surface area contributed by atoms with E-state index in [9.17, 15) is 4.79 Å². The summed E-state index contributed by atoms with van der Waals surface area (Å²) >= 11 is 4.69. The van der Waals surface area contributed by atoms with Gasteiger partial charge in [-0.05, 0) is 67.5 Å². The number of hydrogen-bond donors (Lipinski definition) is 4. The molecule has 0 aliphatic heterocycles. The van der Waals surface area contributed by atoms with E-state index in [1.807, 2.05) is 62.4 Å². The van der Waals surface area contributed by atoms with E-state index in [-0.39, 0.29) is 10.8 Å². The second kappa shape index (κ2) is 8.45. The molecule has 5 N–H and O–H groups in total. The van der Waals surface area contributed by atoms with Crippen LogP contribution in [-0.4, -0.2) is 10.1 Å². The summed E-state index contributed by atoms with van der Waals surface area (Å²) in [6.45, 7) is 4.00. The van der Waals surface area contributed by atoms with Crippen molar-refractivity contribution >= 4 is 45.9 Å². The number of nitrogens with two attached hydrogens (primary N) is 1. The minimum atomic E-state index is -0.412. The molecule has 0 unspecified atom stereocenters. The normalized spacial score (nSPS) is 10.8. The number of anilines is 4. The molecule has 1 heterocycles. The zero-order chi connectivity index (χ0) is 20.1. The second-order valence-electron chi connectivity index (χ2n) is 6.30. The Morgan fingerprint density at radius 3 is 2.18 bits per heavy atom. The third-order valence-corrected chi connectivity index (χ3v) is 3.94. The first kappa shape index (κ1) is 19.2. The number of benzene rings is 2. The van der Waals surface area contributed by atoms with E-state index >= 15 is 0 Å². The van der Waals surface area contributed by atoms with Gasteiger partial charge in [0.1, 0.15) is 5.82 Å². The highest BCUT2D eigenvalue weighted by molar-refractivity contribution is 7.80. The lowest BCUT2D eigenvalue weighted by atomic mass is 10.2. The molecule has 3 rings (SSSR count). The number of H-pyrrole nitrogens is 1. The molecule has 0 amide bonds. The number of aromatic amines is 1. The number of nitrogens with zero attached hydrogens (tertiary/aromatic N) is 2. The van der Waals surface area contributed by atoms with Crippen LogP contribution < -0.4 is 21.9 Å². The molecular formula is C20H20N6OS. The van der Waals surface area contributed by atoms with Crippen molar-refractivity contribution in [1.29, 1.82) is 0 Å². The van der Waals surface area contributed by atoms with Gasteiger partial charge in [-0.15, -0.1) is 10.2 Å². The van der Waals surface area contributed by atoms with Crippen LogP contribution in [0, 0.1) is 13.8 Å². The molecule has 28 heavy (non-hydrogen) atoms. The van der Waals surface area contributed by atoms with Gasteiger partial charge >= 0.3 is 0 Å². The van der Waals surface area contributed by atoms with E-state index in [0.717, 1.165) is 22.5 Å². The highest BCUT2D eigenvalue weighted by atomic mass is 32.1. The largest absolute Gasteiger partial charge is 0.373 e. The molecule has 0 saturated heterocycles. The number of nitrogens with one attached hydrogen (secondary N) is 3. The van der Waals surface area contributed by atoms with Crippen LogP contribution in [-0.2, 0) is 0 Å². The number of azo groups is 1. The molecule has 0 atom stereocenters. The average Bonchev–Trinajstić information content (AvgIpc) is 2.63. The van der Waals surface area contributed by atoms with Crippen LogP contribution >= 0.6 is 12.2 Å². The highest BCUT2D eigenvalue weighted by Gasteiger charge is 2.10. The quantitative estimate of drug-likeness (QED) is 0.368. The Balaban J connectivity index is 2.04. The fraction of sp³-hybridized carbons (Fsp3) is 0.100. The van der Waals surface area contributed by atoms with Crippen LogP contribution in [0.15, 0.2) is 69.6 Å². The van der Waals surface area contributed by atoms with E-state index in [4.69, 9.17) is 18.0 Å². The first-order valence-electron chi connectivity index (χ1n) is 8.56. The van der Waals surface area contributed by atoms with Crippen LogP contribution in [0.25, 0.3) is 0 Å². The Morgan fingerprint density at radius 2 is 1.61 bits per heavy atom. The molecule has 142 valence electrons. The van der Waals surface area contributed by atoms with Crippen LogP contribution in [0.3, 0.4) is 0 Å². The monoisotopic (exact) mass is 392 g/mol. The van der Waals surface area contributed by atoms with Crippen molar-refractivity contribution in [2.24, 2.45) is 16.0 Å². The number of pyridine rings is 1. The van der Waals surface area contributed by atoms with Gasteiger partial charge in [0, 0.05) is 11.4 Å². The number of thiocarbonyl (C=S) groups is 1. The zero-order valence-corrected chi connectivity index (χ0v) is 16.3. The zero-order valence-electron chi connectivity index (χ0n) is 15.5. The predicted molar refractivity (Wildman–Crippen MR) is 117 cm³/mol. The second-order valence-corrected chi connectivity index (χ2v) is 6.72. The molecule has 7 nitrogen and oxygen atoms in total. The summed E-state index contributed by atoms with van der Waals surface area (Å²) < 4.78 is 0. The molecular weight excluding hydrogens is 372 g/mol. The Bertz CT molecular complexity index is 1110. The van der Waals surface area contributed by atoms with Gasteiger partial charge in [0.25, 0.3) is 5.56 Å². The summed E-state index contributed by atoms with van der Waals surface area (Å²) in [6.07, 6.45) is 0. The maximum absolute atomic E-state index is 12.4. The molecule has 0 fully saturated rings. The maximum Gasteiger partial charge on any atom is 0.277 e. The lowest BCUT2D eigenvalue weighted by molar-refractivity contribution is 1.17. The lowest BCUT2D eigenvalue weighted by Crippen LogP contribution is -2.11. The van der Waals surface area contributed by atoms with Crippen LogP contribution in [0.1, 0.15) is 11.1 Å². The smallest absolute Gasteiger partial charge is 0.277 e. The summed E-state index contributed by atoms with van der Waals surface area (Å²) in [5.41, 5.74) is 9.58. The highest BCUT2D eigenvalue weighted by Crippen LogP contribution is 2.29. The molecule has 0 spiro atoms. The van der Waals surface area contributed by atoms with E-state index in [1.165, 1.54) is 0 Å². The molecule has 2 aromatic carbocycles. The van der Waals surface area contributed by atoms with Crippen molar-refractivity contribution in [3.63, 3.8) is 0 Å². The Kier molecular flexibility index (Phi) is 5.81. The van der Waals surface area contributed by atoms with Crippen LogP contribution in [0.4, 0.5) is 28.6 Å². The number of hydrogen-bond acceptors (Lipinski definition) is 5. The van der Waals surface area contributed by atoms with Crippen molar-refractivity contribution in [2.75, 3.05) is 10.6 Å². The van der Waals surface area contributed by atoms with E-state index < -0.39 is 5.56 Å². The SMILES string of the molecule is Cc1cccc(Nc2cc(N=NC(N)=S)c(=O)[nH]c2Nc2cccc(C)c2)c1. The molecule has 1 aromatic heterocycles. The Hall–Kier alpha value is -3.52. The van der Waals surface area contributed by atoms with Crippen molar-refractivity contribution in [1.82, 2.24) is 4.98 Å². The van der Waals surface area contributed by atoms with Gasteiger partial charge in [-0.2, -0.15) is 0 Å². The molecule has 3 aromatic rings. The third-order valence-electron chi connectivity index (χ3n) is 3.86. The van der Waals surface area contributed by atoms with Gasteiger partial charge in [0.2, 0.25) is 5.11 Å². The van der Waals surface area contributed by atoms with E-state index in [0.29, 0.717) is 11.5 Å². The van der Waals surface area contributed by atoms with Gasteiger partial charge in [0.05, 0.1) is 5.69 Å². The molecule has 0 radical (unpaired) electrons. The predicted octanol–water partition coefficient (Wildman–Crippen LogP) is 4.81.